The third kappa shape index (κ3) is 5.46. The van der Waals surface area contributed by atoms with Gasteiger partial charge in [-0.25, -0.2) is 0 Å². The van der Waals surface area contributed by atoms with Gasteiger partial charge in [-0.05, 0) is 178 Å². The number of hydrogen-bond donors (Lipinski definition) is 0. The van der Waals surface area contributed by atoms with E-state index in [1.807, 2.05) is 0 Å². The maximum Gasteiger partial charge on any atom is 0.0714 e. The molecule has 8 aromatic carbocycles. The van der Waals surface area contributed by atoms with Crippen LogP contribution in [0.25, 0.3) is 33.4 Å². The van der Waals surface area contributed by atoms with E-state index in [9.17, 15) is 0 Å². The van der Waals surface area contributed by atoms with E-state index in [1.165, 1.54) is 144 Å². The first-order valence-electron chi connectivity index (χ1n) is 23.1. The van der Waals surface area contributed by atoms with E-state index in [4.69, 9.17) is 0 Å². The third-order valence-corrected chi connectivity index (χ3v) is 15.2. The second kappa shape index (κ2) is 14.3. The van der Waals surface area contributed by atoms with Crippen molar-refractivity contribution >= 4 is 17.1 Å². The van der Waals surface area contributed by atoms with Gasteiger partial charge in [-0.15, -0.1) is 0 Å². The van der Waals surface area contributed by atoms with Crippen LogP contribution in [-0.2, 0) is 36.5 Å². The maximum atomic E-state index is 2.70. The van der Waals surface area contributed by atoms with Gasteiger partial charge in [0.2, 0.25) is 0 Å². The monoisotopic (exact) mass is 799 g/mol. The molecule has 0 bridgehead atoms. The van der Waals surface area contributed by atoms with E-state index >= 15 is 0 Å². The van der Waals surface area contributed by atoms with Crippen molar-refractivity contribution < 1.29 is 0 Å². The molecule has 0 amide bonds. The molecule has 62 heavy (non-hydrogen) atoms. The average Bonchev–Trinajstić information content (AvgIpc) is 3.74. The van der Waals surface area contributed by atoms with E-state index in [-0.39, 0.29) is 5.41 Å². The van der Waals surface area contributed by atoms with Crippen LogP contribution >= 0.6 is 0 Å². The largest absolute Gasteiger partial charge is 0.310 e. The van der Waals surface area contributed by atoms with Gasteiger partial charge in [-0.3, -0.25) is 0 Å². The highest BCUT2D eigenvalue weighted by Gasteiger charge is 2.47. The summed E-state index contributed by atoms with van der Waals surface area (Å²) in [5.41, 5.74) is 26.6. The van der Waals surface area contributed by atoms with Gasteiger partial charge in [-0.2, -0.15) is 0 Å². The SMILES string of the molecule is Cc1cc2c(cc1-c1cc3c(cc1N(c1ccc4c(c1)C(C)(C)c1ccccc1-4)c1cccc4c1CCCC4)C(c1ccccc1)(c1ccccc1)c1ccccc1-3)CCCC2. The van der Waals surface area contributed by atoms with E-state index in [1.54, 1.807) is 0 Å². The molecule has 0 spiro atoms. The molecule has 4 aliphatic rings. The summed E-state index contributed by atoms with van der Waals surface area (Å²) in [6.07, 6.45) is 9.53. The highest BCUT2D eigenvalue weighted by atomic mass is 15.1. The molecule has 12 rings (SSSR count). The molecule has 0 fully saturated rings. The lowest BCUT2D eigenvalue weighted by atomic mass is 9.67. The summed E-state index contributed by atoms with van der Waals surface area (Å²) in [5, 5.41) is 0. The van der Waals surface area contributed by atoms with Crippen molar-refractivity contribution in [2.24, 2.45) is 0 Å². The van der Waals surface area contributed by atoms with Crippen LogP contribution in [0.15, 0.2) is 170 Å². The normalized spacial score (nSPS) is 16.0. The quantitative estimate of drug-likeness (QED) is 0.162. The lowest BCUT2D eigenvalue weighted by Gasteiger charge is -2.36. The van der Waals surface area contributed by atoms with Gasteiger partial charge >= 0.3 is 0 Å². The topological polar surface area (TPSA) is 3.24 Å². The lowest BCUT2D eigenvalue weighted by molar-refractivity contribution is 0.660. The standard InChI is InChI=1S/C61H53N/c1-40-35-42-20-10-11-21-43(42)36-51(40)53-38-52-49-29-15-17-31-55(49)61(44-23-6-4-7-24-44,45-25-8-5-9-26-45)57(52)39-59(53)62(58-32-18-22-41-19-12-13-27-47(41)58)46-33-34-50-48-28-14-16-30-54(48)60(2,3)56(50)37-46/h4-9,14-18,22-26,28-39H,10-13,19-21,27H2,1-3H3. The first-order valence-corrected chi connectivity index (χ1v) is 23.1. The molecule has 0 saturated heterocycles. The summed E-state index contributed by atoms with van der Waals surface area (Å²) < 4.78 is 0. The Hall–Kier alpha value is -6.44. The average molecular weight is 800 g/mol. The van der Waals surface area contributed by atoms with E-state index in [2.05, 4.69) is 196 Å². The summed E-state index contributed by atoms with van der Waals surface area (Å²) in [4.78, 5) is 2.70. The van der Waals surface area contributed by atoms with Crippen LogP contribution in [0.5, 0.6) is 0 Å². The summed E-state index contributed by atoms with van der Waals surface area (Å²) in [7, 11) is 0. The van der Waals surface area contributed by atoms with Crippen molar-refractivity contribution in [3.63, 3.8) is 0 Å². The van der Waals surface area contributed by atoms with Gasteiger partial charge in [0.1, 0.15) is 0 Å². The first kappa shape index (κ1) is 37.3. The molecule has 0 heterocycles. The smallest absolute Gasteiger partial charge is 0.0714 e. The molecule has 0 N–H and O–H groups in total. The molecular formula is C61H53N. The molecule has 0 aromatic heterocycles. The number of anilines is 3. The fourth-order valence-corrected chi connectivity index (χ4v) is 12.3. The predicted molar refractivity (Wildman–Crippen MR) is 259 cm³/mol. The number of nitrogens with zero attached hydrogens (tertiary/aromatic N) is 1. The molecule has 1 heteroatoms. The summed E-state index contributed by atoms with van der Waals surface area (Å²) in [6.45, 7) is 7.19. The van der Waals surface area contributed by atoms with Gasteiger partial charge in [0.05, 0.1) is 11.1 Å². The molecule has 1 nitrogen and oxygen atoms in total. The van der Waals surface area contributed by atoms with E-state index in [0.29, 0.717) is 0 Å². The maximum absolute atomic E-state index is 2.70. The number of aryl methyl sites for hydroxylation is 4. The first-order chi connectivity index (χ1) is 30.4. The predicted octanol–water partition coefficient (Wildman–Crippen LogP) is 15.6. The molecule has 0 saturated carbocycles. The summed E-state index contributed by atoms with van der Waals surface area (Å²) >= 11 is 0. The fraction of sp³-hybridized carbons (Fsp3) is 0.213. The van der Waals surface area contributed by atoms with Gasteiger partial charge in [0.25, 0.3) is 0 Å². The Morgan fingerprint density at radius 3 is 1.71 bits per heavy atom. The van der Waals surface area contributed by atoms with Crippen LogP contribution < -0.4 is 4.90 Å². The highest BCUT2D eigenvalue weighted by Crippen LogP contribution is 2.60. The fourth-order valence-electron chi connectivity index (χ4n) is 12.3. The van der Waals surface area contributed by atoms with Crippen LogP contribution in [-0.4, -0.2) is 0 Å². The van der Waals surface area contributed by atoms with Gasteiger partial charge < -0.3 is 4.90 Å². The van der Waals surface area contributed by atoms with Crippen molar-refractivity contribution in [3.8, 4) is 33.4 Å². The van der Waals surface area contributed by atoms with Crippen LogP contribution in [0, 0.1) is 6.92 Å². The minimum absolute atomic E-state index is 0.128. The van der Waals surface area contributed by atoms with Gasteiger partial charge in [0, 0.05) is 22.4 Å². The second-order valence-electron chi connectivity index (χ2n) is 18.9. The van der Waals surface area contributed by atoms with Crippen LogP contribution in [0.4, 0.5) is 17.1 Å². The molecule has 0 aliphatic heterocycles. The second-order valence-corrected chi connectivity index (χ2v) is 18.9. The molecule has 0 unspecified atom stereocenters. The van der Waals surface area contributed by atoms with E-state index < -0.39 is 5.41 Å². The number of rotatable bonds is 6. The Morgan fingerprint density at radius 2 is 0.984 bits per heavy atom. The third-order valence-electron chi connectivity index (χ3n) is 15.2. The number of hydrogen-bond acceptors (Lipinski definition) is 1. The molecular weight excluding hydrogens is 747 g/mol. The zero-order chi connectivity index (χ0) is 41.6. The number of benzene rings is 8. The van der Waals surface area contributed by atoms with Crippen molar-refractivity contribution in [1.29, 1.82) is 0 Å². The number of fused-ring (bicyclic) bond motifs is 8. The van der Waals surface area contributed by atoms with E-state index in [0.717, 1.165) is 19.3 Å². The van der Waals surface area contributed by atoms with Crippen molar-refractivity contribution in [3.05, 3.63) is 231 Å². The van der Waals surface area contributed by atoms with Gasteiger partial charge in [0.15, 0.2) is 0 Å². The van der Waals surface area contributed by atoms with Crippen molar-refractivity contribution in [2.45, 2.75) is 83.0 Å². The zero-order valence-corrected chi connectivity index (χ0v) is 36.3. The van der Waals surface area contributed by atoms with Crippen LogP contribution in [0.3, 0.4) is 0 Å². The Kier molecular flexibility index (Phi) is 8.62. The Balaban J connectivity index is 1.22. The molecule has 4 aliphatic carbocycles. The minimum Gasteiger partial charge on any atom is -0.310 e. The van der Waals surface area contributed by atoms with Crippen molar-refractivity contribution in [1.82, 2.24) is 0 Å². The highest BCUT2D eigenvalue weighted by molar-refractivity contribution is 5.98. The Labute approximate surface area is 367 Å². The van der Waals surface area contributed by atoms with Crippen LogP contribution in [0.1, 0.15) is 101 Å². The molecule has 0 radical (unpaired) electrons. The zero-order valence-electron chi connectivity index (χ0n) is 36.3. The molecule has 302 valence electrons. The molecule has 0 atom stereocenters. The summed E-state index contributed by atoms with van der Waals surface area (Å²) in [6, 6.07) is 65.8. The molecule has 8 aromatic rings. The van der Waals surface area contributed by atoms with Gasteiger partial charge in [-0.1, -0.05) is 153 Å². The Bertz CT molecular complexity index is 3020. The lowest BCUT2D eigenvalue weighted by Crippen LogP contribution is -2.29. The van der Waals surface area contributed by atoms with Crippen LogP contribution in [0.2, 0.25) is 0 Å². The van der Waals surface area contributed by atoms with Crippen molar-refractivity contribution in [2.75, 3.05) is 4.90 Å². The Morgan fingerprint density at radius 1 is 0.387 bits per heavy atom. The minimum atomic E-state index is -0.518. The summed E-state index contributed by atoms with van der Waals surface area (Å²) in [5.74, 6) is 0.